The maximum absolute atomic E-state index is 11.1. The van der Waals surface area contributed by atoms with Crippen LogP contribution in [0.3, 0.4) is 0 Å². The topological polar surface area (TPSA) is 17.1 Å². The van der Waals surface area contributed by atoms with Crippen molar-refractivity contribution in [3.8, 4) is 0 Å². The molecule has 2 atom stereocenters. The highest BCUT2D eigenvalue weighted by molar-refractivity contribution is 6.29. The minimum Gasteiger partial charge on any atom is -0.300 e. The number of rotatable bonds is 2. The Morgan fingerprint density at radius 2 is 2.42 bits per heavy atom. The van der Waals surface area contributed by atoms with Crippen LogP contribution < -0.4 is 0 Å². The third-order valence-electron chi connectivity index (χ3n) is 2.66. The summed E-state index contributed by atoms with van der Waals surface area (Å²) in [7, 11) is 0. The summed E-state index contributed by atoms with van der Waals surface area (Å²) in [5.41, 5.74) is 0. The molecule has 68 valence electrons. The number of carbonyl (C=O) groups is 1. The first kappa shape index (κ1) is 9.79. The van der Waals surface area contributed by atoms with Crippen molar-refractivity contribution in [2.45, 2.75) is 32.6 Å². The predicted molar refractivity (Wildman–Crippen MR) is 51.1 cm³/mol. The second-order valence-electron chi connectivity index (χ2n) is 3.74. The second-order valence-corrected chi connectivity index (χ2v) is 4.27. The van der Waals surface area contributed by atoms with E-state index in [2.05, 4.69) is 13.5 Å². The molecule has 1 aliphatic carbocycles. The van der Waals surface area contributed by atoms with E-state index in [1.165, 1.54) is 0 Å². The fraction of sp³-hybridized carbons (Fsp3) is 0.700. The third kappa shape index (κ3) is 2.63. The lowest BCUT2D eigenvalue weighted by atomic mass is 9.78. The molecule has 0 aromatic rings. The van der Waals surface area contributed by atoms with Gasteiger partial charge in [-0.2, -0.15) is 0 Å². The van der Waals surface area contributed by atoms with Crippen molar-refractivity contribution >= 4 is 17.4 Å². The number of Topliss-reactive ketones (excluding diaryl/α,β-unsaturated/α-hetero) is 1. The van der Waals surface area contributed by atoms with Gasteiger partial charge in [-0.3, -0.25) is 4.79 Å². The SMILES string of the molecule is C=C(Cl)CC1CC(=O)CCC1C. The van der Waals surface area contributed by atoms with Crippen molar-refractivity contribution in [1.82, 2.24) is 0 Å². The van der Waals surface area contributed by atoms with Crippen molar-refractivity contribution in [2.75, 3.05) is 0 Å². The highest BCUT2D eigenvalue weighted by Gasteiger charge is 2.25. The van der Waals surface area contributed by atoms with Gasteiger partial charge in [-0.25, -0.2) is 0 Å². The zero-order valence-corrected chi connectivity index (χ0v) is 8.23. The quantitative estimate of drug-likeness (QED) is 0.648. The smallest absolute Gasteiger partial charge is 0.133 e. The van der Waals surface area contributed by atoms with E-state index < -0.39 is 0 Å². The van der Waals surface area contributed by atoms with Crippen molar-refractivity contribution < 1.29 is 4.79 Å². The first-order chi connectivity index (χ1) is 5.59. The number of carbonyl (C=O) groups excluding carboxylic acids is 1. The molecule has 0 radical (unpaired) electrons. The Morgan fingerprint density at radius 1 is 1.75 bits per heavy atom. The second kappa shape index (κ2) is 4.08. The molecule has 0 bridgehead atoms. The van der Waals surface area contributed by atoms with Crippen LogP contribution in [0.5, 0.6) is 0 Å². The average Bonchev–Trinajstić information content (AvgIpc) is 1.96. The van der Waals surface area contributed by atoms with Gasteiger partial charge in [0.2, 0.25) is 0 Å². The number of halogens is 1. The van der Waals surface area contributed by atoms with Gasteiger partial charge in [0.05, 0.1) is 0 Å². The molecule has 1 fully saturated rings. The molecule has 0 aliphatic heterocycles. The van der Waals surface area contributed by atoms with Crippen LogP contribution in [0, 0.1) is 11.8 Å². The number of hydrogen-bond donors (Lipinski definition) is 0. The van der Waals surface area contributed by atoms with Gasteiger partial charge in [0, 0.05) is 17.9 Å². The van der Waals surface area contributed by atoms with E-state index in [-0.39, 0.29) is 0 Å². The van der Waals surface area contributed by atoms with E-state index in [1.54, 1.807) is 0 Å². The Kier molecular flexibility index (Phi) is 3.33. The monoisotopic (exact) mass is 186 g/mol. The highest BCUT2D eigenvalue weighted by Crippen LogP contribution is 2.32. The average molecular weight is 187 g/mol. The van der Waals surface area contributed by atoms with Crippen LogP contribution in [-0.4, -0.2) is 5.78 Å². The van der Waals surface area contributed by atoms with Gasteiger partial charge >= 0.3 is 0 Å². The molecule has 1 rings (SSSR count). The van der Waals surface area contributed by atoms with E-state index >= 15 is 0 Å². The maximum Gasteiger partial charge on any atom is 0.133 e. The lowest BCUT2D eigenvalue weighted by molar-refractivity contribution is -0.122. The molecule has 12 heavy (non-hydrogen) atoms. The third-order valence-corrected chi connectivity index (χ3v) is 2.81. The lowest BCUT2D eigenvalue weighted by Gasteiger charge is -2.27. The molecule has 0 saturated heterocycles. The van der Waals surface area contributed by atoms with Gasteiger partial charge in [-0.15, -0.1) is 0 Å². The number of allylic oxidation sites excluding steroid dienone is 1. The molecule has 0 aromatic heterocycles. The van der Waals surface area contributed by atoms with Crippen molar-refractivity contribution in [3.63, 3.8) is 0 Å². The largest absolute Gasteiger partial charge is 0.300 e. The van der Waals surface area contributed by atoms with Gasteiger partial charge in [0.25, 0.3) is 0 Å². The van der Waals surface area contributed by atoms with Gasteiger partial charge < -0.3 is 0 Å². The molecular formula is C10H15ClO. The summed E-state index contributed by atoms with van der Waals surface area (Å²) >= 11 is 5.72. The summed E-state index contributed by atoms with van der Waals surface area (Å²) in [4.78, 5) is 11.1. The van der Waals surface area contributed by atoms with Crippen molar-refractivity contribution in [2.24, 2.45) is 11.8 Å². The van der Waals surface area contributed by atoms with Gasteiger partial charge in [0.15, 0.2) is 0 Å². The Morgan fingerprint density at radius 3 is 3.00 bits per heavy atom. The van der Waals surface area contributed by atoms with Gasteiger partial charge in [-0.1, -0.05) is 25.1 Å². The summed E-state index contributed by atoms with van der Waals surface area (Å²) in [5.74, 6) is 1.45. The zero-order chi connectivity index (χ0) is 9.14. The molecule has 0 heterocycles. The Bertz CT molecular complexity index is 196. The summed E-state index contributed by atoms with van der Waals surface area (Å²) in [5, 5.41) is 0.682. The normalized spacial score (nSPS) is 30.3. The number of ketones is 1. The Labute approximate surface area is 78.8 Å². The minimum atomic E-state index is 0.385. The van der Waals surface area contributed by atoms with Gasteiger partial charge in [0.1, 0.15) is 5.78 Å². The Balaban J connectivity index is 2.49. The van der Waals surface area contributed by atoms with Crippen LogP contribution in [0.25, 0.3) is 0 Å². The lowest BCUT2D eigenvalue weighted by Crippen LogP contribution is -2.22. The molecule has 2 unspecified atom stereocenters. The summed E-state index contributed by atoms with van der Waals surface area (Å²) in [6.07, 6.45) is 3.28. The molecule has 0 aromatic carbocycles. The Hall–Kier alpha value is -0.300. The van der Waals surface area contributed by atoms with E-state index in [1.807, 2.05) is 0 Å². The van der Waals surface area contributed by atoms with Crippen LogP contribution in [0.15, 0.2) is 11.6 Å². The zero-order valence-electron chi connectivity index (χ0n) is 7.48. The molecule has 2 heteroatoms. The summed E-state index contributed by atoms with van der Waals surface area (Å²) < 4.78 is 0. The summed E-state index contributed by atoms with van der Waals surface area (Å²) in [6.45, 7) is 5.85. The van der Waals surface area contributed by atoms with Crippen molar-refractivity contribution in [1.29, 1.82) is 0 Å². The molecule has 1 saturated carbocycles. The molecular weight excluding hydrogens is 172 g/mol. The van der Waals surface area contributed by atoms with Crippen LogP contribution in [0.1, 0.15) is 32.6 Å². The molecule has 0 spiro atoms. The van der Waals surface area contributed by atoms with Crippen LogP contribution >= 0.6 is 11.6 Å². The van der Waals surface area contributed by atoms with Crippen LogP contribution in [0.2, 0.25) is 0 Å². The van der Waals surface area contributed by atoms with E-state index in [0.29, 0.717) is 29.1 Å². The highest BCUT2D eigenvalue weighted by atomic mass is 35.5. The first-order valence-electron chi connectivity index (χ1n) is 4.44. The summed E-state index contributed by atoms with van der Waals surface area (Å²) in [6, 6.07) is 0. The van der Waals surface area contributed by atoms with E-state index in [0.717, 1.165) is 19.3 Å². The molecule has 1 nitrogen and oxygen atoms in total. The fourth-order valence-corrected chi connectivity index (χ4v) is 1.98. The van der Waals surface area contributed by atoms with Crippen LogP contribution in [0.4, 0.5) is 0 Å². The van der Waals surface area contributed by atoms with E-state index in [4.69, 9.17) is 11.6 Å². The minimum absolute atomic E-state index is 0.385. The first-order valence-corrected chi connectivity index (χ1v) is 4.82. The molecule has 0 N–H and O–H groups in total. The van der Waals surface area contributed by atoms with Crippen LogP contribution in [-0.2, 0) is 4.79 Å². The maximum atomic E-state index is 11.1. The van der Waals surface area contributed by atoms with Gasteiger partial charge in [-0.05, 0) is 24.7 Å². The fourth-order valence-electron chi connectivity index (χ4n) is 1.78. The van der Waals surface area contributed by atoms with E-state index in [9.17, 15) is 4.79 Å². The molecule has 1 aliphatic rings. The predicted octanol–water partition coefficient (Wildman–Crippen LogP) is 3.13. The number of hydrogen-bond acceptors (Lipinski definition) is 1. The van der Waals surface area contributed by atoms with Crippen molar-refractivity contribution in [3.05, 3.63) is 11.6 Å². The molecule has 0 amide bonds. The standard InChI is InChI=1S/C10H15ClO/c1-7-3-4-10(12)6-9(7)5-8(2)11/h7,9H,2-6H2,1H3.